The van der Waals surface area contributed by atoms with Crippen LogP contribution < -0.4 is 15.0 Å². The Hall–Kier alpha value is -3.57. The number of furan rings is 1. The molecule has 3 rings (SSSR count). The van der Waals surface area contributed by atoms with E-state index in [0.717, 1.165) is 5.56 Å². The van der Waals surface area contributed by atoms with Crippen molar-refractivity contribution < 1.29 is 18.7 Å². The Morgan fingerprint density at radius 2 is 2.03 bits per heavy atom. The van der Waals surface area contributed by atoms with Gasteiger partial charge in [0, 0.05) is 12.2 Å². The minimum absolute atomic E-state index is 0.193. The quantitative estimate of drug-likeness (QED) is 0.558. The number of nitrogens with one attached hydrogen (secondary N) is 1. The van der Waals surface area contributed by atoms with Gasteiger partial charge in [0.25, 0.3) is 11.8 Å². The standard InChI is InChI=1S/C22H21N3O4S/c1-3-28-17-9-7-16(8-10-17)25(12-5-11-23)22(27)20-15(2)14-19(30-20)24-21(26)18-6-4-13-29-18/h4,6-10,13-14H,3,5,12H2,1-2H3,(H,24,26). The molecule has 0 unspecified atom stereocenters. The van der Waals surface area contributed by atoms with Crippen LogP contribution in [0, 0.1) is 18.3 Å². The van der Waals surface area contributed by atoms with Crippen molar-refractivity contribution in [3.63, 3.8) is 0 Å². The maximum Gasteiger partial charge on any atom is 0.291 e. The fourth-order valence-corrected chi connectivity index (χ4v) is 3.88. The van der Waals surface area contributed by atoms with Gasteiger partial charge in [-0.05, 0) is 61.9 Å². The molecule has 0 saturated heterocycles. The predicted molar refractivity (Wildman–Crippen MR) is 115 cm³/mol. The molecule has 2 aromatic heterocycles. The molecule has 1 N–H and O–H groups in total. The first kappa shape index (κ1) is 21.1. The Kier molecular flexibility index (Phi) is 6.88. The summed E-state index contributed by atoms with van der Waals surface area (Å²) in [7, 11) is 0. The van der Waals surface area contributed by atoms with Gasteiger partial charge in [0.15, 0.2) is 5.76 Å². The van der Waals surface area contributed by atoms with Gasteiger partial charge in [-0.25, -0.2) is 0 Å². The number of rotatable bonds is 8. The number of nitrogens with zero attached hydrogens (tertiary/aromatic N) is 2. The van der Waals surface area contributed by atoms with E-state index in [1.807, 2.05) is 13.8 Å². The van der Waals surface area contributed by atoms with E-state index in [0.29, 0.717) is 27.9 Å². The summed E-state index contributed by atoms with van der Waals surface area (Å²) in [4.78, 5) is 27.5. The zero-order chi connectivity index (χ0) is 21.5. The minimum Gasteiger partial charge on any atom is -0.494 e. The molecule has 0 saturated carbocycles. The van der Waals surface area contributed by atoms with Crippen molar-refractivity contribution in [3.8, 4) is 11.8 Å². The van der Waals surface area contributed by atoms with Crippen LogP contribution in [0.15, 0.2) is 53.1 Å². The lowest BCUT2D eigenvalue weighted by Gasteiger charge is -2.22. The van der Waals surface area contributed by atoms with Crippen molar-refractivity contribution >= 4 is 33.8 Å². The molecule has 0 aliphatic rings. The van der Waals surface area contributed by atoms with Crippen molar-refractivity contribution in [3.05, 3.63) is 64.9 Å². The van der Waals surface area contributed by atoms with Gasteiger partial charge in [-0.3, -0.25) is 9.59 Å². The molecule has 0 radical (unpaired) electrons. The number of aryl methyl sites for hydroxylation is 1. The fraction of sp³-hybridized carbons (Fsp3) is 0.227. The molecule has 3 aromatic rings. The van der Waals surface area contributed by atoms with Gasteiger partial charge < -0.3 is 19.4 Å². The normalized spacial score (nSPS) is 10.3. The van der Waals surface area contributed by atoms with Gasteiger partial charge in [0.1, 0.15) is 5.75 Å². The van der Waals surface area contributed by atoms with Crippen LogP contribution in [0.5, 0.6) is 5.75 Å². The Balaban J connectivity index is 1.82. The predicted octanol–water partition coefficient (Wildman–Crippen LogP) is 4.86. The number of ether oxygens (including phenoxy) is 1. The second-order valence-electron chi connectivity index (χ2n) is 6.35. The zero-order valence-corrected chi connectivity index (χ0v) is 17.5. The molecule has 30 heavy (non-hydrogen) atoms. The largest absolute Gasteiger partial charge is 0.494 e. The average molecular weight is 423 g/mol. The van der Waals surface area contributed by atoms with Gasteiger partial charge in [-0.2, -0.15) is 5.26 Å². The molecule has 0 spiro atoms. The third kappa shape index (κ3) is 4.88. The number of benzene rings is 1. The molecule has 0 fully saturated rings. The van der Waals surface area contributed by atoms with E-state index in [2.05, 4.69) is 11.4 Å². The van der Waals surface area contributed by atoms with Gasteiger partial charge >= 0.3 is 0 Å². The lowest BCUT2D eigenvalue weighted by Crippen LogP contribution is -2.31. The van der Waals surface area contributed by atoms with E-state index in [1.54, 1.807) is 47.4 Å². The van der Waals surface area contributed by atoms with Crippen LogP contribution in [-0.4, -0.2) is 25.0 Å². The monoisotopic (exact) mass is 423 g/mol. The van der Waals surface area contributed by atoms with E-state index in [9.17, 15) is 9.59 Å². The molecule has 7 nitrogen and oxygen atoms in total. The zero-order valence-electron chi connectivity index (χ0n) is 16.7. The third-order valence-corrected chi connectivity index (χ3v) is 5.39. The number of thiophene rings is 1. The number of amides is 2. The van der Waals surface area contributed by atoms with Crippen LogP contribution in [0.25, 0.3) is 0 Å². The molecule has 2 amide bonds. The first-order valence-electron chi connectivity index (χ1n) is 9.40. The van der Waals surface area contributed by atoms with Gasteiger partial charge in [-0.1, -0.05) is 0 Å². The number of hydrogen-bond acceptors (Lipinski definition) is 6. The molecule has 2 heterocycles. The molecule has 0 bridgehead atoms. The molecule has 0 aliphatic carbocycles. The Morgan fingerprint density at radius 3 is 2.67 bits per heavy atom. The summed E-state index contributed by atoms with van der Waals surface area (Å²) >= 11 is 1.19. The summed E-state index contributed by atoms with van der Waals surface area (Å²) in [5, 5.41) is 12.3. The highest BCUT2D eigenvalue weighted by molar-refractivity contribution is 7.18. The lowest BCUT2D eigenvalue weighted by molar-refractivity contribution is 0.0985. The summed E-state index contributed by atoms with van der Waals surface area (Å²) < 4.78 is 10.6. The van der Waals surface area contributed by atoms with Crippen molar-refractivity contribution in [2.75, 3.05) is 23.4 Å². The molecule has 154 valence electrons. The molecular weight excluding hydrogens is 402 g/mol. The summed E-state index contributed by atoms with van der Waals surface area (Å²) in [6.45, 7) is 4.53. The topological polar surface area (TPSA) is 95.6 Å². The minimum atomic E-state index is -0.381. The van der Waals surface area contributed by atoms with Gasteiger partial charge in [0.2, 0.25) is 0 Å². The van der Waals surface area contributed by atoms with Crippen molar-refractivity contribution in [1.29, 1.82) is 5.26 Å². The Bertz CT molecular complexity index is 1050. The van der Waals surface area contributed by atoms with Gasteiger partial charge in [-0.15, -0.1) is 11.3 Å². The Morgan fingerprint density at radius 1 is 1.27 bits per heavy atom. The highest BCUT2D eigenvalue weighted by Crippen LogP contribution is 2.30. The Labute approximate surface area is 178 Å². The summed E-state index contributed by atoms with van der Waals surface area (Å²) in [5.41, 5.74) is 1.42. The average Bonchev–Trinajstić information content (AvgIpc) is 3.39. The van der Waals surface area contributed by atoms with E-state index in [4.69, 9.17) is 14.4 Å². The highest BCUT2D eigenvalue weighted by atomic mass is 32.1. The van der Waals surface area contributed by atoms with E-state index >= 15 is 0 Å². The third-order valence-electron chi connectivity index (χ3n) is 4.25. The second-order valence-corrected chi connectivity index (χ2v) is 7.40. The first-order chi connectivity index (χ1) is 14.5. The SMILES string of the molecule is CCOc1ccc(N(CCC#N)C(=O)c2sc(NC(=O)c3ccco3)cc2C)cc1. The molecule has 0 aliphatic heterocycles. The number of carbonyl (C=O) groups excluding carboxylic acids is 2. The number of anilines is 2. The van der Waals surface area contributed by atoms with E-state index in [1.165, 1.54) is 17.6 Å². The molecule has 0 atom stereocenters. The lowest BCUT2D eigenvalue weighted by atomic mass is 10.2. The maximum absolute atomic E-state index is 13.3. The molecule has 1 aromatic carbocycles. The fourth-order valence-electron chi connectivity index (χ4n) is 2.86. The van der Waals surface area contributed by atoms with E-state index in [-0.39, 0.29) is 30.5 Å². The summed E-state index contributed by atoms with van der Waals surface area (Å²) in [5.74, 6) is 0.298. The summed E-state index contributed by atoms with van der Waals surface area (Å²) in [6, 6.07) is 14.2. The smallest absolute Gasteiger partial charge is 0.291 e. The van der Waals surface area contributed by atoms with Crippen molar-refractivity contribution in [2.45, 2.75) is 20.3 Å². The van der Waals surface area contributed by atoms with Crippen LogP contribution in [0.4, 0.5) is 10.7 Å². The van der Waals surface area contributed by atoms with Crippen LogP contribution in [0.1, 0.15) is 39.1 Å². The maximum atomic E-state index is 13.3. The summed E-state index contributed by atoms with van der Waals surface area (Å²) in [6.07, 6.45) is 1.62. The first-order valence-corrected chi connectivity index (χ1v) is 10.2. The highest BCUT2D eigenvalue weighted by Gasteiger charge is 2.23. The van der Waals surface area contributed by atoms with Crippen LogP contribution >= 0.6 is 11.3 Å². The van der Waals surface area contributed by atoms with E-state index < -0.39 is 0 Å². The number of hydrogen-bond donors (Lipinski definition) is 1. The molecule has 8 heteroatoms. The van der Waals surface area contributed by atoms with Gasteiger partial charge in [0.05, 0.1) is 35.2 Å². The second kappa shape index (κ2) is 9.76. The van der Waals surface area contributed by atoms with Crippen molar-refractivity contribution in [2.24, 2.45) is 0 Å². The molecular formula is C22H21N3O4S. The van der Waals surface area contributed by atoms with Crippen LogP contribution in [-0.2, 0) is 0 Å². The van der Waals surface area contributed by atoms with Crippen LogP contribution in [0.2, 0.25) is 0 Å². The van der Waals surface area contributed by atoms with Crippen molar-refractivity contribution in [1.82, 2.24) is 0 Å². The number of nitriles is 1. The van der Waals surface area contributed by atoms with Crippen LogP contribution in [0.3, 0.4) is 0 Å². The number of carbonyl (C=O) groups is 2.